The third-order valence-electron chi connectivity index (χ3n) is 2.90. The fraction of sp³-hybridized carbons (Fsp3) is 0.133. The van der Waals surface area contributed by atoms with Gasteiger partial charge in [0.1, 0.15) is 0 Å². The summed E-state index contributed by atoms with van der Waals surface area (Å²) in [5, 5.41) is 11.8. The van der Waals surface area contributed by atoms with E-state index in [9.17, 15) is 23.1 Å². The Bertz CT molecular complexity index is 646. The second-order valence-corrected chi connectivity index (χ2v) is 4.51. The average Bonchev–Trinajstić information content (AvgIpc) is 2.44. The van der Waals surface area contributed by atoms with Crippen LogP contribution < -0.4 is 5.32 Å². The van der Waals surface area contributed by atoms with Crippen LogP contribution in [0.3, 0.4) is 0 Å². The van der Waals surface area contributed by atoms with Crippen LogP contribution in [0.25, 0.3) is 0 Å². The first-order valence-electron chi connectivity index (χ1n) is 6.12. The van der Waals surface area contributed by atoms with Crippen LogP contribution in [-0.4, -0.2) is 11.0 Å². The maximum absolute atomic E-state index is 13.1. The van der Waals surface area contributed by atoms with Gasteiger partial charge in [0.2, 0.25) is 0 Å². The SMILES string of the molecule is CC(O)c1ccc(NC(=O)c2cc(F)c(F)c(F)c2)cc1. The Hall–Kier alpha value is -2.34. The number of halogens is 3. The molecule has 0 aliphatic carbocycles. The van der Waals surface area contributed by atoms with Gasteiger partial charge in [0.25, 0.3) is 5.91 Å². The predicted molar refractivity (Wildman–Crippen MR) is 71.3 cm³/mol. The molecule has 0 aromatic heterocycles. The van der Waals surface area contributed by atoms with Gasteiger partial charge in [-0.3, -0.25) is 4.79 Å². The monoisotopic (exact) mass is 295 g/mol. The Morgan fingerprint density at radius 3 is 2.10 bits per heavy atom. The summed E-state index contributed by atoms with van der Waals surface area (Å²) in [6, 6.07) is 7.53. The zero-order valence-corrected chi connectivity index (χ0v) is 11.0. The molecule has 0 aliphatic heterocycles. The molecule has 0 aliphatic rings. The fourth-order valence-corrected chi connectivity index (χ4v) is 1.73. The van der Waals surface area contributed by atoms with Gasteiger partial charge in [-0.15, -0.1) is 0 Å². The molecule has 0 spiro atoms. The molecule has 0 radical (unpaired) electrons. The molecule has 110 valence electrons. The van der Waals surface area contributed by atoms with E-state index in [0.29, 0.717) is 23.4 Å². The Morgan fingerprint density at radius 2 is 1.62 bits per heavy atom. The number of aliphatic hydroxyl groups is 1. The number of hydrogen-bond acceptors (Lipinski definition) is 2. The fourth-order valence-electron chi connectivity index (χ4n) is 1.73. The molecule has 0 saturated carbocycles. The first-order chi connectivity index (χ1) is 9.88. The Balaban J connectivity index is 2.18. The minimum atomic E-state index is -1.62. The van der Waals surface area contributed by atoms with Crippen molar-refractivity contribution in [3.63, 3.8) is 0 Å². The summed E-state index contributed by atoms with van der Waals surface area (Å²) in [5.41, 5.74) is 0.715. The molecule has 2 aromatic carbocycles. The van der Waals surface area contributed by atoms with Crippen LogP contribution in [0.2, 0.25) is 0 Å². The molecule has 0 bridgehead atoms. The Kier molecular flexibility index (Phi) is 4.28. The number of carbonyl (C=O) groups is 1. The number of rotatable bonds is 3. The molecule has 2 N–H and O–H groups in total. The molecule has 21 heavy (non-hydrogen) atoms. The largest absolute Gasteiger partial charge is 0.389 e. The lowest BCUT2D eigenvalue weighted by molar-refractivity contribution is 0.102. The van der Waals surface area contributed by atoms with Crippen molar-refractivity contribution in [2.24, 2.45) is 0 Å². The highest BCUT2D eigenvalue weighted by Gasteiger charge is 2.15. The van der Waals surface area contributed by atoms with Crippen LogP contribution in [0.1, 0.15) is 28.9 Å². The van der Waals surface area contributed by atoms with E-state index in [1.54, 1.807) is 19.1 Å². The van der Waals surface area contributed by atoms with Crippen LogP contribution in [-0.2, 0) is 0 Å². The minimum Gasteiger partial charge on any atom is -0.389 e. The zero-order chi connectivity index (χ0) is 15.6. The highest BCUT2D eigenvalue weighted by Crippen LogP contribution is 2.18. The van der Waals surface area contributed by atoms with E-state index in [2.05, 4.69) is 5.32 Å². The lowest BCUT2D eigenvalue weighted by Crippen LogP contribution is -2.13. The zero-order valence-electron chi connectivity index (χ0n) is 11.0. The molecule has 3 nitrogen and oxygen atoms in total. The van der Waals surface area contributed by atoms with Gasteiger partial charge in [-0.25, -0.2) is 13.2 Å². The van der Waals surface area contributed by atoms with Gasteiger partial charge >= 0.3 is 0 Å². The van der Waals surface area contributed by atoms with Crippen LogP contribution in [0.4, 0.5) is 18.9 Å². The first kappa shape index (κ1) is 15.1. The number of hydrogen-bond donors (Lipinski definition) is 2. The number of benzene rings is 2. The van der Waals surface area contributed by atoms with E-state index in [1.165, 1.54) is 12.1 Å². The molecule has 1 unspecified atom stereocenters. The van der Waals surface area contributed by atoms with Gasteiger partial charge in [-0.1, -0.05) is 12.1 Å². The second-order valence-electron chi connectivity index (χ2n) is 4.51. The van der Waals surface area contributed by atoms with Crippen molar-refractivity contribution in [3.05, 3.63) is 65.0 Å². The lowest BCUT2D eigenvalue weighted by Gasteiger charge is -2.08. The Labute approximate surface area is 119 Å². The summed E-state index contributed by atoms with van der Waals surface area (Å²) in [5.74, 6) is -5.24. The third kappa shape index (κ3) is 3.41. The summed E-state index contributed by atoms with van der Waals surface area (Å²) >= 11 is 0. The summed E-state index contributed by atoms with van der Waals surface area (Å²) < 4.78 is 38.9. The van der Waals surface area contributed by atoms with Crippen LogP contribution >= 0.6 is 0 Å². The maximum Gasteiger partial charge on any atom is 0.255 e. The standard InChI is InChI=1S/C15H12F3NO2/c1-8(20)9-2-4-11(5-3-9)19-15(21)10-6-12(16)14(18)13(17)7-10/h2-8,20H,1H3,(H,19,21). The van der Waals surface area contributed by atoms with Gasteiger partial charge in [0.15, 0.2) is 17.5 Å². The lowest BCUT2D eigenvalue weighted by atomic mass is 10.1. The quantitative estimate of drug-likeness (QED) is 0.853. The topological polar surface area (TPSA) is 49.3 Å². The van der Waals surface area contributed by atoms with Gasteiger partial charge in [0.05, 0.1) is 6.10 Å². The minimum absolute atomic E-state index is 0.328. The highest BCUT2D eigenvalue weighted by molar-refractivity contribution is 6.04. The van der Waals surface area contributed by atoms with Crippen molar-refractivity contribution < 1.29 is 23.1 Å². The smallest absolute Gasteiger partial charge is 0.255 e. The molecule has 2 rings (SSSR count). The average molecular weight is 295 g/mol. The van der Waals surface area contributed by atoms with Crippen molar-refractivity contribution in [2.45, 2.75) is 13.0 Å². The van der Waals surface area contributed by atoms with Crippen molar-refractivity contribution >= 4 is 11.6 Å². The third-order valence-corrected chi connectivity index (χ3v) is 2.90. The summed E-state index contributed by atoms with van der Waals surface area (Å²) in [7, 11) is 0. The van der Waals surface area contributed by atoms with Crippen molar-refractivity contribution in [3.8, 4) is 0 Å². The van der Waals surface area contributed by atoms with E-state index in [4.69, 9.17) is 0 Å². The molecular weight excluding hydrogens is 283 g/mol. The van der Waals surface area contributed by atoms with Gasteiger partial charge in [-0.2, -0.15) is 0 Å². The highest BCUT2D eigenvalue weighted by atomic mass is 19.2. The van der Waals surface area contributed by atoms with Gasteiger partial charge < -0.3 is 10.4 Å². The summed E-state index contributed by atoms with van der Waals surface area (Å²) in [6.07, 6.45) is -0.643. The van der Waals surface area contributed by atoms with E-state index >= 15 is 0 Å². The predicted octanol–water partition coefficient (Wildman–Crippen LogP) is 3.41. The van der Waals surface area contributed by atoms with Crippen molar-refractivity contribution in [2.75, 3.05) is 5.32 Å². The van der Waals surface area contributed by atoms with Crippen molar-refractivity contribution in [1.82, 2.24) is 0 Å². The van der Waals surface area contributed by atoms with Gasteiger partial charge in [0, 0.05) is 11.3 Å². The van der Waals surface area contributed by atoms with E-state index in [1.807, 2.05) is 0 Å². The number of aliphatic hydroxyl groups excluding tert-OH is 1. The normalized spacial score (nSPS) is 12.0. The van der Waals surface area contributed by atoms with E-state index in [-0.39, 0.29) is 5.56 Å². The van der Waals surface area contributed by atoms with Crippen LogP contribution in [0.5, 0.6) is 0 Å². The first-order valence-corrected chi connectivity index (χ1v) is 6.12. The number of nitrogens with one attached hydrogen (secondary N) is 1. The molecule has 0 saturated heterocycles. The summed E-state index contributed by atoms with van der Waals surface area (Å²) in [4.78, 5) is 11.8. The molecule has 1 atom stereocenters. The molecule has 2 aromatic rings. The Morgan fingerprint density at radius 1 is 1.10 bits per heavy atom. The van der Waals surface area contributed by atoms with Gasteiger partial charge in [-0.05, 0) is 36.8 Å². The summed E-state index contributed by atoms with van der Waals surface area (Å²) in [6.45, 7) is 1.59. The molecule has 6 heteroatoms. The molecule has 0 heterocycles. The maximum atomic E-state index is 13.1. The molecular formula is C15H12F3NO2. The number of carbonyl (C=O) groups excluding carboxylic acids is 1. The number of amides is 1. The van der Waals surface area contributed by atoms with E-state index in [0.717, 1.165) is 0 Å². The van der Waals surface area contributed by atoms with E-state index < -0.39 is 29.5 Å². The van der Waals surface area contributed by atoms with Crippen LogP contribution in [0.15, 0.2) is 36.4 Å². The van der Waals surface area contributed by atoms with Crippen molar-refractivity contribution in [1.29, 1.82) is 0 Å². The molecule has 0 fully saturated rings. The second kappa shape index (κ2) is 5.97. The molecule has 1 amide bonds. The number of anilines is 1. The van der Waals surface area contributed by atoms with Crippen LogP contribution in [0, 0.1) is 17.5 Å².